The van der Waals surface area contributed by atoms with Crippen molar-refractivity contribution in [3.05, 3.63) is 17.7 Å². The molecule has 1 N–H and O–H groups in total. The Labute approximate surface area is 136 Å². The zero-order chi connectivity index (χ0) is 16.4. The normalized spacial score (nSPS) is 16.7. The van der Waals surface area contributed by atoms with E-state index in [1.165, 1.54) is 0 Å². The minimum Gasteiger partial charge on any atom is -0.493 e. The van der Waals surface area contributed by atoms with Gasteiger partial charge in [0.25, 0.3) is 0 Å². The van der Waals surface area contributed by atoms with Crippen molar-refractivity contribution in [3.63, 3.8) is 0 Å². The number of nitrogens with one attached hydrogen (secondary N) is 1. The van der Waals surface area contributed by atoms with Crippen molar-refractivity contribution in [3.8, 4) is 17.2 Å². The van der Waals surface area contributed by atoms with Crippen LogP contribution in [-0.4, -0.2) is 44.3 Å². The molecule has 2 saturated carbocycles. The van der Waals surface area contributed by atoms with E-state index in [1.807, 2.05) is 17.0 Å². The quantitative estimate of drug-likeness (QED) is 0.839. The average Bonchev–Trinajstić information content (AvgIpc) is 3.45. The second kappa shape index (κ2) is 6.56. The minimum atomic E-state index is 0.0313. The van der Waals surface area contributed by atoms with Gasteiger partial charge in [-0.25, -0.2) is 4.79 Å². The largest absolute Gasteiger partial charge is 0.493 e. The number of amides is 2. The van der Waals surface area contributed by atoms with E-state index < -0.39 is 0 Å². The lowest BCUT2D eigenvalue weighted by Gasteiger charge is -2.24. The molecule has 0 bridgehead atoms. The number of ether oxygens (including phenoxy) is 3. The lowest BCUT2D eigenvalue weighted by Crippen LogP contribution is -2.41. The zero-order valence-corrected chi connectivity index (χ0v) is 13.9. The van der Waals surface area contributed by atoms with E-state index in [1.54, 1.807) is 21.3 Å². The first-order valence-electron chi connectivity index (χ1n) is 8.02. The van der Waals surface area contributed by atoms with Crippen molar-refractivity contribution in [2.24, 2.45) is 0 Å². The van der Waals surface area contributed by atoms with Gasteiger partial charge in [-0.05, 0) is 43.4 Å². The molecule has 3 rings (SSSR count). The monoisotopic (exact) mass is 320 g/mol. The molecule has 2 aliphatic carbocycles. The average molecular weight is 320 g/mol. The number of hydrogen-bond donors (Lipinski definition) is 1. The van der Waals surface area contributed by atoms with Crippen LogP contribution in [0.3, 0.4) is 0 Å². The fraction of sp³-hybridized carbons (Fsp3) is 0.588. The van der Waals surface area contributed by atoms with Crippen LogP contribution in [0, 0.1) is 0 Å². The molecule has 2 amide bonds. The molecule has 1 aromatic rings. The topological polar surface area (TPSA) is 60.0 Å². The summed E-state index contributed by atoms with van der Waals surface area (Å²) in [6.07, 6.45) is 4.33. The number of rotatable bonds is 7. The maximum Gasteiger partial charge on any atom is 0.318 e. The molecule has 0 unspecified atom stereocenters. The summed E-state index contributed by atoms with van der Waals surface area (Å²) in [4.78, 5) is 14.4. The van der Waals surface area contributed by atoms with Crippen molar-refractivity contribution in [1.29, 1.82) is 0 Å². The second-order valence-corrected chi connectivity index (χ2v) is 6.12. The summed E-state index contributed by atoms with van der Waals surface area (Å²) in [5.74, 6) is 1.79. The maximum atomic E-state index is 12.4. The van der Waals surface area contributed by atoms with Crippen LogP contribution in [0.4, 0.5) is 4.79 Å². The Morgan fingerprint density at radius 1 is 1.09 bits per heavy atom. The fourth-order valence-electron chi connectivity index (χ4n) is 2.66. The summed E-state index contributed by atoms with van der Waals surface area (Å²) in [6.45, 7) is 0.542. The molecule has 0 saturated heterocycles. The molecule has 0 radical (unpaired) electrons. The Hall–Kier alpha value is -2.11. The lowest BCUT2D eigenvalue weighted by molar-refractivity contribution is 0.191. The standard InChI is InChI=1S/C17H24N2O4/c1-21-14-8-11(9-15(22-2)16(14)23-3)10-19(13-6-7-13)17(20)18-12-4-5-12/h8-9,12-13H,4-7,10H2,1-3H3,(H,18,20). The molecular formula is C17H24N2O4. The highest BCUT2D eigenvalue weighted by Gasteiger charge is 2.35. The smallest absolute Gasteiger partial charge is 0.318 e. The fourth-order valence-corrected chi connectivity index (χ4v) is 2.66. The van der Waals surface area contributed by atoms with E-state index in [9.17, 15) is 4.79 Å². The lowest BCUT2D eigenvalue weighted by atomic mass is 10.1. The van der Waals surface area contributed by atoms with Crippen molar-refractivity contribution in [1.82, 2.24) is 10.2 Å². The Morgan fingerprint density at radius 3 is 2.13 bits per heavy atom. The molecule has 6 heteroatoms. The van der Waals surface area contributed by atoms with Gasteiger partial charge >= 0.3 is 6.03 Å². The van der Waals surface area contributed by atoms with Crippen molar-refractivity contribution >= 4 is 6.03 Å². The molecule has 0 heterocycles. The molecule has 126 valence electrons. The number of carbonyl (C=O) groups excluding carboxylic acids is 1. The molecule has 0 spiro atoms. The molecule has 2 aliphatic rings. The maximum absolute atomic E-state index is 12.4. The number of hydrogen-bond acceptors (Lipinski definition) is 4. The van der Waals surface area contributed by atoms with E-state index >= 15 is 0 Å². The summed E-state index contributed by atoms with van der Waals surface area (Å²) in [7, 11) is 4.78. The molecule has 2 fully saturated rings. The van der Waals surface area contributed by atoms with Crippen LogP contribution in [0.25, 0.3) is 0 Å². The van der Waals surface area contributed by atoms with Gasteiger partial charge in [0.2, 0.25) is 5.75 Å². The van der Waals surface area contributed by atoms with Gasteiger partial charge in [0.15, 0.2) is 11.5 Å². The van der Waals surface area contributed by atoms with Crippen molar-refractivity contribution in [2.75, 3.05) is 21.3 Å². The molecular weight excluding hydrogens is 296 g/mol. The molecule has 6 nitrogen and oxygen atoms in total. The molecule has 0 aliphatic heterocycles. The van der Waals surface area contributed by atoms with E-state index in [4.69, 9.17) is 14.2 Å². The van der Waals surface area contributed by atoms with Crippen LogP contribution in [0.1, 0.15) is 31.2 Å². The number of methoxy groups -OCH3 is 3. The van der Waals surface area contributed by atoms with Gasteiger partial charge < -0.3 is 24.4 Å². The SMILES string of the molecule is COc1cc(CN(C(=O)NC2CC2)C2CC2)cc(OC)c1OC. The van der Waals surface area contributed by atoms with Crippen molar-refractivity contribution in [2.45, 2.75) is 44.3 Å². The Bertz CT molecular complexity index is 557. The molecule has 0 aromatic heterocycles. The summed E-state index contributed by atoms with van der Waals surface area (Å²) >= 11 is 0. The van der Waals surface area contributed by atoms with E-state index in [-0.39, 0.29) is 6.03 Å². The van der Waals surface area contributed by atoms with Gasteiger partial charge in [-0.1, -0.05) is 0 Å². The number of carbonyl (C=O) groups is 1. The zero-order valence-electron chi connectivity index (χ0n) is 13.9. The second-order valence-electron chi connectivity index (χ2n) is 6.12. The third-order valence-corrected chi connectivity index (χ3v) is 4.23. The third-order valence-electron chi connectivity index (χ3n) is 4.23. The van der Waals surface area contributed by atoms with Gasteiger partial charge in [0.1, 0.15) is 0 Å². The van der Waals surface area contributed by atoms with Crippen LogP contribution in [0.5, 0.6) is 17.2 Å². The first-order chi connectivity index (χ1) is 11.2. The summed E-state index contributed by atoms with van der Waals surface area (Å²) in [5, 5.41) is 3.08. The van der Waals surface area contributed by atoms with Crippen LogP contribution in [-0.2, 0) is 6.54 Å². The summed E-state index contributed by atoms with van der Waals surface area (Å²) in [6, 6.07) is 4.54. The number of nitrogens with zero attached hydrogens (tertiary/aromatic N) is 1. The number of urea groups is 1. The van der Waals surface area contributed by atoms with Crippen LogP contribution >= 0.6 is 0 Å². The molecule has 23 heavy (non-hydrogen) atoms. The van der Waals surface area contributed by atoms with E-state index in [0.717, 1.165) is 31.2 Å². The predicted molar refractivity (Wildman–Crippen MR) is 86.2 cm³/mol. The first kappa shape index (κ1) is 15.8. The van der Waals surface area contributed by atoms with Gasteiger partial charge in [-0.15, -0.1) is 0 Å². The predicted octanol–water partition coefficient (Wildman–Crippen LogP) is 2.55. The van der Waals surface area contributed by atoms with Gasteiger partial charge in [0.05, 0.1) is 21.3 Å². The third kappa shape index (κ3) is 3.63. The Kier molecular flexibility index (Phi) is 4.50. The van der Waals surface area contributed by atoms with Gasteiger partial charge in [-0.2, -0.15) is 0 Å². The van der Waals surface area contributed by atoms with E-state index in [2.05, 4.69) is 5.32 Å². The van der Waals surface area contributed by atoms with Crippen molar-refractivity contribution < 1.29 is 19.0 Å². The van der Waals surface area contributed by atoms with Gasteiger partial charge in [0, 0.05) is 18.6 Å². The first-order valence-corrected chi connectivity index (χ1v) is 8.02. The molecule has 1 aromatic carbocycles. The Balaban J connectivity index is 1.80. The van der Waals surface area contributed by atoms with Crippen LogP contribution in [0.2, 0.25) is 0 Å². The minimum absolute atomic E-state index is 0.0313. The molecule has 0 atom stereocenters. The summed E-state index contributed by atoms with van der Waals surface area (Å²) in [5.41, 5.74) is 0.970. The van der Waals surface area contributed by atoms with Crippen LogP contribution < -0.4 is 19.5 Å². The summed E-state index contributed by atoms with van der Waals surface area (Å²) < 4.78 is 16.1. The highest BCUT2D eigenvalue weighted by molar-refractivity contribution is 5.75. The van der Waals surface area contributed by atoms with Crippen LogP contribution in [0.15, 0.2) is 12.1 Å². The van der Waals surface area contributed by atoms with E-state index in [0.29, 0.717) is 35.9 Å². The number of benzene rings is 1. The highest BCUT2D eigenvalue weighted by atomic mass is 16.5. The Morgan fingerprint density at radius 2 is 1.70 bits per heavy atom. The van der Waals surface area contributed by atoms with Gasteiger partial charge in [-0.3, -0.25) is 0 Å². The highest BCUT2D eigenvalue weighted by Crippen LogP contribution is 2.39.